The molecule has 2 heterocycles. The van der Waals surface area contributed by atoms with Crippen LogP contribution in [0, 0.1) is 6.92 Å². The Balaban J connectivity index is 1.96. The van der Waals surface area contributed by atoms with Crippen molar-refractivity contribution in [1.29, 1.82) is 0 Å². The summed E-state index contributed by atoms with van der Waals surface area (Å²) in [4.78, 5) is 15.9. The molecule has 4 rings (SSSR count). The van der Waals surface area contributed by atoms with Crippen molar-refractivity contribution in [2.45, 2.75) is 6.92 Å². The zero-order valence-corrected chi connectivity index (χ0v) is 14.8. The third-order valence-corrected chi connectivity index (χ3v) is 4.42. The average molecular weight is 397 g/mol. The van der Waals surface area contributed by atoms with Gasteiger partial charge >= 0.3 is 5.97 Å². The Bertz CT molecular complexity index is 1110. The topological polar surface area (TPSA) is 72.9 Å². The van der Waals surface area contributed by atoms with Crippen molar-refractivity contribution in [1.82, 2.24) is 19.3 Å². The maximum absolute atomic E-state index is 11.7. The minimum absolute atomic E-state index is 0.0219. The van der Waals surface area contributed by atoms with E-state index in [-0.39, 0.29) is 5.69 Å². The molecule has 124 valence electrons. The second-order valence-electron chi connectivity index (χ2n) is 5.67. The minimum atomic E-state index is -1.06. The number of aromatic carboxylic acids is 1. The van der Waals surface area contributed by atoms with Gasteiger partial charge in [0.05, 0.1) is 23.2 Å². The smallest absolute Gasteiger partial charge is 0.357 e. The summed E-state index contributed by atoms with van der Waals surface area (Å²) in [5.41, 5.74) is 3.27. The van der Waals surface area contributed by atoms with Crippen molar-refractivity contribution < 1.29 is 9.90 Å². The van der Waals surface area contributed by atoms with Gasteiger partial charge in [0.25, 0.3) is 0 Å². The average Bonchev–Trinajstić information content (AvgIpc) is 3.18. The third-order valence-electron chi connectivity index (χ3n) is 3.93. The molecule has 0 saturated carbocycles. The van der Waals surface area contributed by atoms with Crippen LogP contribution in [0.5, 0.6) is 0 Å². The maximum atomic E-state index is 11.7. The lowest BCUT2D eigenvalue weighted by Gasteiger charge is -2.05. The van der Waals surface area contributed by atoms with Gasteiger partial charge in [0.1, 0.15) is 0 Å². The van der Waals surface area contributed by atoms with Crippen LogP contribution in [0.15, 0.2) is 59.5 Å². The first-order valence-corrected chi connectivity index (χ1v) is 8.35. The molecule has 25 heavy (non-hydrogen) atoms. The number of carboxylic acid groups (broad SMARTS) is 1. The molecule has 0 aliphatic carbocycles. The van der Waals surface area contributed by atoms with E-state index >= 15 is 0 Å². The fourth-order valence-electron chi connectivity index (χ4n) is 2.79. The highest BCUT2D eigenvalue weighted by atomic mass is 79.9. The van der Waals surface area contributed by atoms with E-state index in [9.17, 15) is 9.90 Å². The number of aromatic nitrogens is 4. The first kappa shape index (κ1) is 15.6. The molecular weight excluding hydrogens is 384 g/mol. The van der Waals surface area contributed by atoms with Crippen LogP contribution in [0.4, 0.5) is 0 Å². The van der Waals surface area contributed by atoms with Crippen LogP contribution in [0.1, 0.15) is 16.2 Å². The zero-order chi connectivity index (χ0) is 17.6. The first-order valence-electron chi connectivity index (χ1n) is 7.56. The van der Waals surface area contributed by atoms with Crippen LogP contribution in [0.25, 0.3) is 22.3 Å². The molecule has 0 atom stereocenters. The number of hydrogen-bond donors (Lipinski definition) is 1. The van der Waals surface area contributed by atoms with Crippen LogP contribution in [0.2, 0.25) is 0 Å². The Labute approximate surface area is 151 Å². The normalized spacial score (nSPS) is 11.1. The predicted octanol–water partition coefficient (Wildman–Crippen LogP) is 3.98. The number of rotatable bonds is 3. The van der Waals surface area contributed by atoms with Crippen molar-refractivity contribution in [2.24, 2.45) is 0 Å². The predicted molar refractivity (Wildman–Crippen MR) is 97.6 cm³/mol. The van der Waals surface area contributed by atoms with Gasteiger partial charge in [-0.25, -0.2) is 14.5 Å². The molecule has 4 aromatic rings. The molecular formula is C18H13BrN4O2. The number of hydrogen-bond acceptors (Lipinski definition) is 3. The summed E-state index contributed by atoms with van der Waals surface area (Å²) in [7, 11) is 0. The van der Waals surface area contributed by atoms with E-state index in [1.54, 1.807) is 11.0 Å². The van der Waals surface area contributed by atoms with Crippen molar-refractivity contribution >= 4 is 32.8 Å². The monoisotopic (exact) mass is 396 g/mol. The second kappa shape index (κ2) is 5.86. The molecule has 2 aromatic carbocycles. The third kappa shape index (κ3) is 2.72. The molecule has 7 heteroatoms. The summed E-state index contributed by atoms with van der Waals surface area (Å²) in [6.07, 6.45) is 3.59. The highest BCUT2D eigenvalue weighted by Crippen LogP contribution is 2.26. The lowest BCUT2D eigenvalue weighted by Crippen LogP contribution is -2.01. The fraction of sp³-hybridized carbons (Fsp3) is 0.0556. The largest absolute Gasteiger partial charge is 0.476 e. The number of fused-ring (bicyclic) bond motifs is 1. The highest BCUT2D eigenvalue weighted by Gasteiger charge is 2.18. The van der Waals surface area contributed by atoms with Crippen LogP contribution in [-0.4, -0.2) is 30.4 Å². The Kier molecular flexibility index (Phi) is 3.65. The van der Waals surface area contributed by atoms with Gasteiger partial charge in [-0.1, -0.05) is 22.0 Å². The Morgan fingerprint density at radius 1 is 1.16 bits per heavy atom. The van der Waals surface area contributed by atoms with Gasteiger partial charge in [-0.05, 0) is 43.3 Å². The van der Waals surface area contributed by atoms with Gasteiger partial charge in [0, 0.05) is 21.7 Å². The SMILES string of the molecule is Cc1cn(-c2ccc3c(c2)c(C(=O)O)nn3-c2cccc(Br)c2)cn1. The highest BCUT2D eigenvalue weighted by molar-refractivity contribution is 9.10. The number of imidazole rings is 1. The second-order valence-corrected chi connectivity index (χ2v) is 6.58. The molecule has 0 bridgehead atoms. The maximum Gasteiger partial charge on any atom is 0.357 e. The van der Waals surface area contributed by atoms with E-state index in [2.05, 4.69) is 26.0 Å². The standard InChI is InChI=1S/C18H13BrN4O2/c1-11-9-22(10-20-11)13-5-6-16-15(8-13)17(18(24)25)21-23(16)14-4-2-3-12(19)7-14/h2-10H,1H3,(H,24,25). The minimum Gasteiger partial charge on any atom is -0.476 e. The van der Waals surface area contributed by atoms with Gasteiger partial charge in [-0.3, -0.25) is 0 Å². The van der Waals surface area contributed by atoms with Crippen molar-refractivity contribution in [3.05, 3.63) is 70.8 Å². The van der Waals surface area contributed by atoms with Crippen molar-refractivity contribution in [3.8, 4) is 11.4 Å². The lowest BCUT2D eigenvalue weighted by atomic mass is 10.2. The van der Waals surface area contributed by atoms with E-state index in [0.717, 1.165) is 27.1 Å². The number of carbonyl (C=O) groups is 1. The van der Waals surface area contributed by atoms with Crippen molar-refractivity contribution in [2.75, 3.05) is 0 Å². The van der Waals surface area contributed by atoms with Crippen LogP contribution in [-0.2, 0) is 0 Å². The van der Waals surface area contributed by atoms with E-state index in [1.807, 2.05) is 60.2 Å². The van der Waals surface area contributed by atoms with E-state index in [0.29, 0.717) is 5.39 Å². The molecule has 0 saturated heterocycles. The molecule has 1 N–H and O–H groups in total. The number of nitrogens with zero attached hydrogens (tertiary/aromatic N) is 4. The molecule has 0 radical (unpaired) electrons. The summed E-state index contributed by atoms with van der Waals surface area (Å²) in [6, 6.07) is 13.2. The van der Waals surface area contributed by atoms with E-state index in [1.165, 1.54) is 0 Å². The quantitative estimate of drug-likeness (QED) is 0.568. The number of halogens is 1. The first-order chi connectivity index (χ1) is 12.0. The molecule has 0 amide bonds. The van der Waals surface area contributed by atoms with Crippen LogP contribution in [0.3, 0.4) is 0 Å². The van der Waals surface area contributed by atoms with Gasteiger partial charge in [0.15, 0.2) is 5.69 Å². The summed E-state index contributed by atoms with van der Waals surface area (Å²) >= 11 is 3.44. The summed E-state index contributed by atoms with van der Waals surface area (Å²) in [5, 5.41) is 14.5. The van der Waals surface area contributed by atoms with Gasteiger partial charge in [-0.2, -0.15) is 5.10 Å². The van der Waals surface area contributed by atoms with Gasteiger partial charge < -0.3 is 9.67 Å². The molecule has 0 aliphatic heterocycles. The lowest BCUT2D eigenvalue weighted by molar-refractivity contribution is 0.0692. The molecule has 0 unspecified atom stereocenters. The van der Waals surface area contributed by atoms with Crippen LogP contribution < -0.4 is 0 Å². The Hall–Kier alpha value is -2.93. The molecule has 2 aromatic heterocycles. The van der Waals surface area contributed by atoms with E-state index < -0.39 is 5.97 Å². The summed E-state index contributed by atoms with van der Waals surface area (Å²) < 4.78 is 4.40. The summed E-state index contributed by atoms with van der Waals surface area (Å²) in [5.74, 6) is -1.06. The number of benzene rings is 2. The number of aryl methyl sites for hydroxylation is 1. The zero-order valence-electron chi connectivity index (χ0n) is 13.2. The van der Waals surface area contributed by atoms with Gasteiger partial charge in [0.2, 0.25) is 0 Å². The molecule has 6 nitrogen and oxygen atoms in total. The molecule has 0 spiro atoms. The molecule has 0 fully saturated rings. The van der Waals surface area contributed by atoms with Gasteiger partial charge in [-0.15, -0.1) is 0 Å². The summed E-state index contributed by atoms with van der Waals surface area (Å²) in [6.45, 7) is 1.91. The Morgan fingerprint density at radius 2 is 2.00 bits per heavy atom. The van der Waals surface area contributed by atoms with Crippen LogP contribution >= 0.6 is 15.9 Å². The fourth-order valence-corrected chi connectivity index (χ4v) is 3.18. The van der Waals surface area contributed by atoms with Crippen molar-refractivity contribution in [3.63, 3.8) is 0 Å². The number of carboxylic acids is 1. The Morgan fingerprint density at radius 3 is 2.68 bits per heavy atom. The van der Waals surface area contributed by atoms with E-state index in [4.69, 9.17) is 0 Å². The molecule has 0 aliphatic rings.